The van der Waals surface area contributed by atoms with Crippen LogP contribution in [0, 0.1) is 64.1 Å². The molecule has 9 nitrogen and oxygen atoms in total. The van der Waals surface area contributed by atoms with E-state index in [4.69, 9.17) is 24.7 Å². The van der Waals surface area contributed by atoms with Crippen LogP contribution in [0.1, 0.15) is 158 Å². The molecule has 3 N–H and O–H groups in total. The van der Waals surface area contributed by atoms with Crippen molar-refractivity contribution >= 4 is 17.5 Å². The molecule has 4 fully saturated rings. The average Bonchev–Trinajstić information content (AvgIpc) is 3.24. The maximum atomic E-state index is 14.3. The number of ketones is 2. The van der Waals surface area contributed by atoms with Gasteiger partial charge in [0.1, 0.15) is 23.0 Å². The molecule has 0 aromatic heterocycles. The van der Waals surface area contributed by atoms with E-state index < -0.39 is 0 Å². The number of aryl methyl sites for hydroxylation is 1. The molecule has 3 aromatic carbocycles. The number of amides is 1. The highest BCUT2D eigenvalue weighted by molar-refractivity contribution is 6.00. The molecule has 0 saturated heterocycles. The van der Waals surface area contributed by atoms with Crippen LogP contribution in [0.5, 0.6) is 23.0 Å². The van der Waals surface area contributed by atoms with Gasteiger partial charge in [-0.05, 0) is 127 Å². The molecule has 0 aliphatic heterocycles. The zero-order chi connectivity index (χ0) is 46.2. The fourth-order valence-electron chi connectivity index (χ4n) is 13.5. The second kappa shape index (κ2) is 20.7. The van der Waals surface area contributed by atoms with E-state index in [0.717, 1.165) is 44.1 Å². The lowest BCUT2D eigenvalue weighted by Crippen LogP contribution is -2.60. The predicted octanol–water partition coefficient (Wildman–Crippen LogP) is 12.5. The highest BCUT2D eigenvalue weighted by Gasteiger charge is 2.60. The van der Waals surface area contributed by atoms with E-state index >= 15 is 0 Å². The quantitative estimate of drug-likeness (QED) is 0.193. The zero-order valence-electron chi connectivity index (χ0n) is 40.5. The molecule has 360 valence electrons. The van der Waals surface area contributed by atoms with Crippen LogP contribution in [-0.2, 0) is 0 Å². The summed E-state index contributed by atoms with van der Waals surface area (Å²) in [5, 5.41) is 3.35. The molecule has 10 atom stereocenters. The van der Waals surface area contributed by atoms with Gasteiger partial charge in [-0.15, -0.1) is 0 Å². The van der Waals surface area contributed by atoms with Gasteiger partial charge < -0.3 is 30.0 Å². The van der Waals surface area contributed by atoms with Gasteiger partial charge in [0.2, 0.25) is 0 Å². The Hall–Kier alpha value is -4.37. The van der Waals surface area contributed by atoms with Crippen LogP contribution in [0.15, 0.2) is 60.7 Å². The predicted molar refractivity (Wildman–Crippen MR) is 265 cm³/mol. The van der Waals surface area contributed by atoms with Crippen molar-refractivity contribution in [2.45, 2.75) is 141 Å². The van der Waals surface area contributed by atoms with Crippen molar-refractivity contribution in [1.29, 1.82) is 0 Å². The van der Waals surface area contributed by atoms with Crippen molar-refractivity contribution in [3.05, 3.63) is 82.9 Å². The van der Waals surface area contributed by atoms with E-state index in [1.54, 1.807) is 40.6 Å². The van der Waals surface area contributed by atoms with Crippen molar-refractivity contribution in [1.82, 2.24) is 5.32 Å². The van der Waals surface area contributed by atoms with Gasteiger partial charge >= 0.3 is 0 Å². The number of Topliss-reactive ketones (excluding diaryl/α,β-unsaturated/α-hetero) is 2. The maximum absolute atomic E-state index is 14.3. The van der Waals surface area contributed by atoms with E-state index in [0.29, 0.717) is 51.5 Å². The minimum Gasteiger partial charge on any atom is -0.497 e. The topological polar surface area (TPSA) is 126 Å². The number of nitrogens with one attached hydrogen (secondary N) is 1. The number of nitrogens with two attached hydrogens (primary N) is 1. The molecule has 0 heterocycles. The van der Waals surface area contributed by atoms with Crippen LogP contribution in [0.2, 0.25) is 0 Å². The van der Waals surface area contributed by atoms with Gasteiger partial charge in [0, 0.05) is 52.7 Å². The zero-order valence-corrected chi connectivity index (χ0v) is 40.5. The summed E-state index contributed by atoms with van der Waals surface area (Å²) >= 11 is 0. The molecule has 9 heteroatoms. The van der Waals surface area contributed by atoms with Crippen molar-refractivity contribution in [2.75, 3.05) is 28.4 Å². The fraction of sp³-hybridized carbons (Fsp3) is 0.625. The van der Waals surface area contributed by atoms with Gasteiger partial charge in [0.05, 0.1) is 28.4 Å². The molecular weight excluding hydrogens is 813 g/mol. The largest absolute Gasteiger partial charge is 0.497 e. The van der Waals surface area contributed by atoms with Gasteiger partial charge in [-0.3, -0.25) is 14.4 Å². The van der Waals surface area contributed by atoms with E-state index in [1.807, 2.05) is 55.5 Å². The Morgan fingerprint density at radius 2 is 1.00 bits per heavy atom. The van der Waals surface area contributed by atoms with Gasteiger partial charge in [0.25, 0.3) is 5.91 Å². The Balaban J connectivity index is 0.000000287. The number of ether oxygens (including phenoxy) is 4. The molecule has 3 aromatic rings. The summed E-state index contributed by atoms with van der Waals surface area (Å²) in [5.74, 6) is 3.36. The summed E-state index contributed by atoms with van der Waals surface area (Å²) in [5.41, 5.74) is 9.64. The summed E-state index contributed by atoms with van der Waals surface area (Å²) in [6, 6.07) is 18.6. The lowest BCUT2D eigenvalue weighted by Gasteiger charge is -2.60. The highest BCUT2D eigenvalue weighted by atomic mass is 16.5. The Labute approximate surface area is 392 Å². The average molecular weight is 897 g/mol. The van der Waals surface area contributed by atoms with Crippen molar-refractivity contribution < 1.29 is 33.3 Å². The second-order valence-corrected chi connectivity index (χ2v) is 21.4. The van der Waals surface area contributed by atoms with Crippen molar-refractivity contribution in [3.63, 3.8) is 0 Å². The smallest absolute Gasteiger partial charge is 0.251 e. The van der Waals surface area contributed by atoms with Gasteiger partial charge in [0.15, 0.2) is 11.6 Å². The number of hydrogen-bond acceptors (Lipinski definition) is 8. The number of hydrogen-bond donors (Lipinski definition) is 2. The maximum Gasteiger partial charge on any atom is 0.251 e. The van der Waals surface area contributed by atoms with Crippen LogP contribution < -0.4 is 30.0 Å². The third kappa shape index (κ3) is 10.3. The fourth-order valence-corrected chi connectivity index (χ4v) is 13.5. The first-order valence-corrected chi connectivity index (χ1v) is 23.3. The second-order valence-electron chi connectivity index (χ2n) is 21.4. The third-order valence-corrected chi connectivity index (χ3v) is 16.9. The van der Waals surface area contributed by atoms with E-state index in [2.05, 4.69) is 60.7 Å². The molecule has 0 unspecified atom stereocenters. The first-order chi connectivity index (χ1) is 29.6. The van der Waals surface area contributed by atoms with Crippen LogP contribution >= 0.6 is 0 Å². The molecule has 0 spiro atoms. The summed E-state index contributed by atoms with van der Waals surface area (Å²) in [4.78, 5) is 41.5. The van der Waals surface area contributed by atoms with E-state index in [1.165, 1.54) is 12.8 Å². The molecular formula is C56H84N2O7. The first-order valence-electron chi connectivity index (χ1n) is 23.3. The number of fused-ring (bicyclic) bond motifs is 2. The molecule has 4 aliphatic rings. The number of carbonyl (C=O) groups excluding carboxylic acids is 3. The Morgan fingerprint density at radius 1 is 0.600 bits per heavy atom. The Kier molecular flexibility index (Phi) is 16.9. The summed E-state index contributed by atoms with van der Waals surface area (Å²) < 4.78 is 21.7. The monoisotopic (exact) mass is 897 g/mol. The van der Waals surface area contributed by atoms with Crippen LogP contribution in [-0.4, -0.2) is 58.0 Å². The number of benzene rings is 3. The Morgan fingerprint density at radius 3 is 1.42 bits per heavy atom. The summed E-state index contributed by atoms with van der Waals surface area (Å²) in [7, 11) is 6.43. The SMILES string of the molecule is C.C.COc1cc(OC)cc(C(=O)[C@H]2[C@H](C)[C@H](N)C[C@H]3C(C)(C)CCC[C@]23C)c1.COc1cc(OC)cc(C(=O)[C@H]2[C@H](C)[C@H](NC(=O)c3ccccc3C)C[C@H]3C(C)(C)CCC[C@]23C)c1. The number of rotatable bonds is 10. The molecule has 65 heavy (non-hydrogen) atoms. The normalized spacial score (nSPS) is 30.7. The van der Waals surface area contributed by atoms with Crippen molar-refractivity contribution in [2.24, 2.45) is 62.9 Å². The Bertz CT molecular complexity index is 2100. The number of carbonyl (C=O) groups is 3. The number of methoxy groups -OCH3 is 4. The molecule has 0 bridgehead atoms. The van der Waals surface area contributed by atoms with Gasteiger partial charge in [-0.25, -0.2) is 0 Å². The third-order valence-electron chi connectivity index (χ3n) is 16.9. The standard InChI is InChI=1S/C31H41NO4.C23H35NO3.2CH4/c1-19-11-8-9-12-24(19)29(34)32-25-18-26-30(3,4)13-10-14-31(26,5)27(20(25)2)28(33)21-15-22(35-6)17-23(16-21)36-7;1-14-18(24)13-19-22(2,3)8-7-9-23(19,4)20(14)21(25)15-10-16(26-5)12-17(11-15)27-6;;/h8-9,11-12,15-17,20,25-27H,10,13-14,18H2,1-7H3,(H,32,34);10-12,14,18-20H,7-9,13,24H2,1-6H3;2*1H4/t20-,25-,26+,27-,31+;14-,18-,19+,20-,23+;;/m11../s1. The molecule has 0 radical (unpaired) electrons. The van der Waals surface area contributed by atoms with Crippen LogP contribution in [0.4, 0.5) is 0 Å². The van der Waals surface area contributed by atoms with Crippen molar-refractivity contribution in [3.8, 4) is 23.0 Å². The summed E-state index contributed by atoms with van der Waals surface area (Å²) in [6.07, 6.45) is 8.63. The van der Waals surface area contributed by atoms with E-state index in [9.17, 15) is 14.4 Å². The van der Waals surface area contributed by atoms with Gasteiger partial charge in [-0.1, -0.05) is 101 Å². The molecule has 4 aliphatic carbocycles. The molecule has 7 rings (SSSR count). The minimum absolute atomic E-state index is 0. The van der Waals surface area contributed by atoms with E-state index in [-0.39, 0.29) is 89.7 Å². The molecule has 1 amide bonds. The minimum atomic E-state index is -0.227. The highest BCUT2D eigenvalue weighted by Crippen LogP contribution is 2.63. The molecule has 4 saturated carbocycles. The van der Waals surface area contributed by atoms with Crippen LogP contribution in [0.25, 0.3) is 0 Å². The van der Waals surface area contributed by atoms with Crippen LogP contribution in [0.3, 0.4) is 0 Å². The van der Waals surface area contributed by atoms with Gasteiger partial charge in [-0.2, -0.15) is 0 Å². The summed E-state index contributed by atoms with van der Waals surface area (Å²) in [6.45, 7) is 20.3. The lowest BCUT2D eigenvalue weighted by molar-refractivity contribution is -0.0902. The lowest BCUT2D eigenvalue weighted by atomic mass is 9.45. The first kappa shape index (κ1) is 53.2.